The molecule has 1 aliphatic heterocycles. The van der Waals surface area contributed by atoms with Gasteiger partial charge in [-0.3, -0.25) is 4.79 Å². The predicted molar refractivity (Wildman–Crippen MR) is 83.0 cm³/mol. The number of carbonyl (C=O) groups is 1. The maximum Gasteiger partial charge on any atom is 0.226 e. The van der Waals surface area contributed by atoms with E-state index in [0.717, 1.165) is 38.2 Å². The summed E-state index contributed by atoms with van der Waals surface area (Å²) in [5.41, 5.74) is 1.25. The fraction of sp³-hybridized carbons (Fsp3) is 0.611. The molecule has 1 heterocycles. The number of hydrogen-bond donors (Lipinski definition) is 0. The smallest absolute Gasteiger partial charge is 0.226 e. The van der Waals surface area contributed by atoms with E-state index in [0.29, 0.717) is 18.4 Å². The molecule has 4 rings (SSSR count). The Hall–Kier alpha value is -1.55. The Kier molecular flexibility index (Phi) is 3.37. The van der Waals surface area contributed by atoms with Gasteiger partial charge in [0.25, 0.3) is 0 Å². The zero-order valence-corrected chi connectivity index (χ0v) is 13.1. The molecule has 118 valence electrons. The average Bonchev–Trinajstić information content (AvgIpc) is 3.33. The van der Waals surface area contributed by atoms with Crippen molar-refractivity contribution in [3.05, 3.63) is 29.8 Å². The molecule has 0 N–H and O–H groups in total. The van der Waals surface area contributed by atoms with Crippen molar-refractivity contribution >= 4 is 5.91 Å². The van der Waals surface area contributed by atoms with E-state index in [-0.39, 0.29) is 11.5 Å². The molecule has 1 spiro atoms. The molecular formula is C18H23NO3. The van der Waals surface area contributed by atoms with Crippen LogP contribution in [0.4, 0.5) is 0 Å². The number of methoxy groups -OCH3 is 1. The summed E-state index contributed by atoms with van der Waals surface area (Å²) < 4.78 is 10.9. The molecule has 4 heteroatoms. The van der Waals surface area contributed by atoms with Gasteiger partial charge >= 0.3 is 0 Å². The first-order chi connectivity index (χ1) is 10.7. The molecule has 4 nitrogen and oxygen atoms in total. The highest BCUT2D eigenvalue weighted by molar-refractivity contribution is 5.84. The second kappa shape index (κ2) is 5.27. The summed E-state index contributed by atoms with van der Waals surface area (Å²) >= 11 is 0. The van der Waals surface area contributed by atoms with E-state index in [2.05, 4.69) is 17.0 Å². The third-order valence-electron chi connectivity index (χ3n) is 5.58. The van der Waals surface area contributed by atoms with E-state index in [9.17, 15) is 4.79 Å². The van der Waals surface area contributed by atoms with Gasteiger partial charge in [-0.15, -0.1) is 0 Å². The number of morpholine rings is 1. The first-order valence-corrected chi connectivity index (χ1v) is 8.27. The summed E-state index contributed by atoms with van der Waals surface area (Å²) in [6.45, 7) is 2.18. The highest BCUT2D eigenvalue weighted by Gasteiger charge is 2.53. The minimum absolute atomic E-state index is 0.0247. The molecule has 0 bridgehead atoms. The van der Waals surface area contributed by atoms with Crippen molar-refractivity contribution in [3.63, 3.8) is 0 Å². The van der Waals surface area contributed by atoms with Gasteiger partial charge in [0.1, 0.15) is 5.75 Å². The van der Waals surface area contributed by atoms with E-state index < -0.39 is 0 Å². The number of hydrogen-bond acceptors (Lipinski definition) is 3. The quantitative estimate of drug-likeness (QED) is 0.861. The lowest BCUT2D eigenvalue weighted by molar-refractivity contribution is -0.160. The number of ether oxygens (including phenoxy) is 2. The monoisotopic (exact) mass is 301 g/mol. The second-order valence-electron chi connectivity index (χ2n) is 6.85. The van der Waals surface area contributed by atoms with Crippen LogP contribution in [0, 0.1) is 5.92 Å². The summed E-state index contributed by atoms with van der Waals surface area (Å²) in [6, 6.07) is 8.14. The Morgan fingerprint density at radius 1 is 1.41 bits per heavy atom. The largest absolute Gasteiger partial charge is 0.497 e. The molecule has 2 atom stereocenters. The SMILES string of the molecule is COc1cccc([C@@H]2C[C@H]2C(=O)N2CCOCC23CCC3)c1. The molecule has 1 aromatic carbocycles. The summed E-state index contributed by atoms with van der Waals surface area (Å²) in [7, 11) is 1.68. The molecule has 1 aromatic rings. The summed E-state index contributed by atoms with van der Waals surface area (Å²) in [4.78, 5) is 15.1. The van der Waals surface area contributed by atoms with Crippen molar-refractivity contribution in [2.24, 2.45) is 5.92 Å². The Bertz CT molecular complexity index is 581. The Morgan fingerprint density at radius 2 is 2.27 bits per heavy atom. The lowest BCUT2D eigenvalue weighted by Gasteiger charge is -2.52. The molecule has 0 radical (unpaired) electrons. The summed E-state index contributed by atoms with van der Waals surface area (Å²) in [5, 5.41) is 0. The zero-order chi connectivity index (χ0) is 15.2. The van der Waals surface area contributed by atoms with Gasteiger partial charge in [-0.1, -0.05) is 12.1 Å². The van der Waals surface area contributed by atoms with Crippen LogP contribution < -0.4 is 4.74 Å². The van der Waals surface area contributed by atoms with Crippen molar-refractivity contribution in [1.82, 2.24) is 4.90 Å². The van der Waals surface area contributed by atoms with E-state index in [1.165, 1.54) is 12.0 Å². The molecule has 22 heavy (non-hydrogen) atoms. The van der Waals surface area contributed by atoms with Gasteiger partial charge in [0.05, 0.1) is 25.9 Å². The lowest BCUT2D eigenvalue weighted by atomic mass is 9.75. The van der Waals surface area contributed by atoms with Gasteiger partial charge in [0, 0.05) is 12.5 Å². The third-order valence-corrected chi connectivity index (χ3v) is 5.58. The van der Waals surface area contributed by atoms with Crippen LogP contribution in [0.5, 0.6) is 5.75 Å². The Labute approximate surface area is 131 Å². The summed E-state index contributed by atoms with van der Waals surface area (Å²) in [6.07, 6.45) is 4.40. The van der Waals surface area contributed by atoms with E-state index >= 15 is 0 Å². The maximum atomic E-state index is 12.9. The van der Waals surface area contributed by atoms with Crippen LogP contribution in [-0.2, 0) is 9.53 Å². The topological polar surface area (TPSA) is 38.8 Å². The van der Waals surface area contributed by atoms with Crippen LogP contribution in [0.3, 0.4) is 0 Å². The molecule has 0 unspecified atom stereocenters. The molecule has 2 aliphatic carbocycles. The second-order valence-corrected chi connectivity index (χ2v) is 6.85. The van der Waals surface area contributed by atoms with Gasteiger partial charge in [-0.25, -0.2) is 0 Å². The minimum atomic E-state index is 0.0247. The summed E-state index contributed by atoms with van der Waals surface area (Å²) in [5.74, 6) is 1.73. The normalized spacial score (nSPS) is 29.0. The number of carbonyl (C=O) groups excluding carboxylic acids is 1. The number of amides is 1. The van der Waals surface area contributed by atoms with E-state index in [1.54, 1.807) is 7.11 Å². The first kappa shape index (κ1) is 14.1. The van der Waals surface area contributed by atoms with Crippen LogP contribution in [-0.4, -0.2) is 43.2 Å². The van der Waals surface area contributed by atoms with Crippen molar-refractivity contribution in [2.45, 2.75) is 37.1 Å². The molecule has 2 saturated carbocycles. The van der Waals surface area contributed by atoms with Crippen LogP contribution in [0.1, 0.15) is 37.2 Å². The van der Waals surface area contributed by atoms with Gasteiger partial charge in [0.15, 0.2) is 0 Å². The molecule has 3 fully saturated rings. The van der Waals surface area contributed by atoms with Crippen LogP contribution >= 0.6 is 0 Å². The van der Waals surface area contributed by atoms with Crippen LogP contribution in [0.2, 0.25) is 0 Å². The highest BCUT2D eigenvalue weighted by atomic mass is 16.5. The highest BCUT2D eigenvalue weighted by Crippen LogP contribution is 2.51. The van der Waals surface area contributed by atoms with E-state index in [4.69, 9.17) is 9.47 Å². The van der Waals surface area contributed by atoms with Gasteiger partial charge in [-0.2, -0.15) is 0 Å². The third kappa shape index (κ3) is 2.21. The van der Waals surface area contributed by atoms with Gasteiger partial charge < -0.3 is 14.4 Å². The first-order valence-electron chi connectivity index (χ1n) is 8.27. The Balaban J connectivity index is 1.48. The van der Waals surface area contributed by atoms with Crippen molar-refractivity contribution in [2.75, 3.05) is 26.9 Å². The van der Waals surface area contributed by atoms with Crippen molar-refractivity contribution < 1.29 is 14.3 Å². The number of rotatable bonds is 3. The maximum absolute atomic E-state index is 12.9. The number of nitrogens with zero attached hydrogens (tertiary/aromatic N) is 1. The van der Waals surface area contributed by atoms with E-state index in [1.807, 2.05) is 12.1 Å². The van der Waals surface area contributed by atoms with Crippen LogP contribution in [0.15, 0.2) is 24.3 Å². The predicted octanol–water partition coefficient (Wildman–Crippen LogP) is 2.58. The lowest BCUT2D eigenvalue weighted by Crippen LogP contribution is -2.63. The standard InChI is InChI=1S/C18H23NO3/c1-21-14-5-2-4-13(10-14)15-11-16(15)17(20)19-8-9-22-12-18(19)6-3-7-18/h2,4-5,10,15-16H,3,6-9,11-12H2,1H3/t15-,16+/m0/s1. The molecule has 1 saturated heterocycles. The van der Waals surface area contributed by atoms with Crippen LogP contribution in [0.25, 0.3) is 0 Å². The minimum Gasteiger partial charge on any atom is -0.497 e. The molecule has 1 amide bonds. The van der Waals surface area contributed by atoms with Crippen molar-refractivity contribution in [3.8, 4) is 5.75 Å². The van der Waals surface area contributed by atoms with Gasteiger partial charge in [0.2, 0.25) is 5.91 Å². The fourth-order valence-electron chi connectivity index (χ4n) is 3.98. The average molecular weight is 301 g/mol. The number of benzene rings is 1. The fourth-order valence-corrected chi connectivity index (χ4v) is 3.98. The van der Waals surface area contributed by atoms with Gasteiger partial charge in [-0.05, 0) is 49.3 Å². The molecular weight excluding hydrogens is 278 g/mol. The molecule has 3 aliphatic rings. The molecule has 0 aromatic heterocycles. The Morgan fingerprint density at radius 3 is 3.00 bits per heavy atom. The zero-order valence-electron chi connectivity index (χ0n) is 13.1. The van der Waals surface area contributed by atoms with Crippen molar-refractivity contribution in [1.29, 1.82) is 0 Å².